The zero-order chi connectivity index (χ0) is 31.0. The second-order valence-corrected chi connectivity index (χ2v) is 11.5. The number of carbonyl (C=O) groups is 3. The molecule has 2 atom stereocenters. The lowest BCUT2D eigenvalue weighted by Crippen LogP contribution is -2.64. The number of piperazine rings is 1. The topological polar surface area (TPSA) is 180 Å². The fourth-order valence-electron chi connectivity index (χ4n) is 4.68. The molecule has 1 aliphatic heterocycles. The fraction of sp³-hybridized carbons (Fsp3) is 0.393. The van der Waals surface area contributed by atoms with Gasteiger partial charge in [0, 0.05) is 18.0 Å². The first kappa shape index (κ1) is 32.1. The Morgan fingerprint density at radius 1 is 1.19 bits per heavy atom. The van der Waals surface area contributed by atoms with Crippen molar-refractivity contribution in [2.45, 2.75) is 57.3 Å². The normalized spacial score (nSPS) is 16.8. The third kappa shape index (κ3) is 7.46. The minimum absolute atomic E-state index is 0.00834. The van der Waals surface area contributed by atoms with Crippen molar-refractivity contribution in [2.75, 3.05) is 20.3 Å². The Bertz CT molecular complexity index is 1520. The maximum Gasteiger partial charge on any atom is 0.308 e. The number of nitrogens with one attached hydrogen (secondary N) is 2. The van der Waals surface area contributed by atoms with Gasteiger partial charge in [-0.2, -0.15) is 0 Å². The smallest absolute Gasteiger partial charge is 0.308 e. The highest BCUT2D eigenvalue weighted by Gasteiger charge is 2.41. The Hall–Kier alpha value is -4.39. The molecule has 0 unspecified atom stereocenters. The number of ether oxygens (including phenoxy) is 2. The van der Waals surface area contributed by atoms with Crippen molar-refractivity contribution in [3.8, 4) is 5.75 Å². The fourth-order valence-corrected chi connectivity index (χ4v) is 6.22. The SMILES string of the molecule is C=CCOC(=O)C[C@@H]1NC(=O)[C@@H](CN=[N+]=[N-])N(Cc2ccc(CNS(=O)(=O)c3c(C)cc(OC)c(C)c3C)cc2)C1=O. The molecule has 1 heterocycles. The van der Waals surface area contributed by atoms with Crippen LogP contribution in [-0.4, -0.2) is 63.4 Å². The molecule has 0 saturated carbocycles. The van der Waals surface area contributed by atoms with Crippen molar-refractivity contribution in [2.24, 2.45) is 5.11 Å². The summed E-state index contributed by atoms with van der Waals surface area (Å²) in [6.07, 6.45) is 1.02. The summed E-state index contributed by atoms with van der Waals surface area (Å²) >= 11 is 0. The van der Waals surface area contributed by atoms with Gasteiger partial charge < -0.3 is 19.7 Å². The van der Waals surface area contributed by atoms with Crippen molar-refractivity contribution in [1.82, 2.24) is 14.9 Å². The zero-order valence-corrected chi connectivity index (χ0v) is 24.7. The van der Waals surface area contributed by atoms with E-state index in [0.29, 0.717) is 28.0 Å². The molecule has 1 fully saturated rings. The van der Waals surface area contributed by atoms with Gasteiger partial charge in [-0.25, -0.2) is 13.1 Å². The van der Waals surface area contributed by atoms with Crippen LogP contribution in [-0.2, 0) is 42.2 Å². The summed E-state index contributed by atoms with van der Waals surface area (Å²) in [5.74, 6) is -1.15. The molecule has 14 heteroatoms. The number of sulfonamides is 1. The van der Waals surface area contributed by atoms with Crippen LogP contribution in [0.2, 0.25) is 0 Å². The van der Waals surface area contributed by atoms with E-state index in [1.54, 1.807) is 51.1 Å². The molecule has 2 aromatic rings. The van der Waals surface area contributed by atoms with Gasteiger partial charge in [0.2, 0.25) is 21.8 Å². The average molecular weight is 599 g/mol. The van der Waals surface area contributed by atoms with E-state index < -0.39 is 39.9 Å². The van der Waals surface area contributed by atoms with Gasteiger partial charge in [0.25, 0.3) is 0 Å². The molecule has 13 nitrogen and oxygen atoms in total. The number of nitrogens with zero attached hydrogens (tertiary/aromatic N) is 4. The summed E-state index contributed by atoms with van der Waals surface area (Å²) < 4.78 is 39.3. The Balaban J connectivity index is 1.75. The molecule has 2 amide bonds. The first-order valence-electron chi connectivity index (χ1n) is 13.0. The number of hydrogen-bond acceptors (Lipinski definition) is 8. The van der Waals surface area contributed by atoms with Crippen LogP contribution in [0.4, 0.5) is 0 Å². The Morgan fingerprint density at radius 2 is 1.86 bits per heavy atom. The summed E-state index contributed by atoms with van der Waals surface area (Å²) in [5, 5.41) is 5.97. The summed E-state index contributed by atoms with van der Waals surface area (Å²) in [4.78, 5) is 42.3. The summed E-state index contributed by atoms with van der Waals surface area (Å²) in [7, 11) is -2.30. The Kier molecular flexibility index (Phi) is 10.7. The van der Waals surface area contributed by atoms with Gasteiger partial charge in [0.15, 0.2) is 0 Å². The van der Waals surface area contributed by atoms with E-state index in [1.807, 2.05) is 0 Å². The van der Waals surface area contributed by atoms with Crippen LogP contribution in [0.1, 0.15) is 34.2 Å². The Labute approximate surface area is 244 Å². The molecule has 0 spiro atoms. The zero-order valence-electron chi connectivity index (χ0n) is 23.9. The lowest BCUT2D eigenvalue weighted by atomic mass is 10.0. The van der Waals surface area contributed by atoms with E-state index in [4.69, 9.17) is 15.0 Å². The van der Waals surface area contributed by atoms with E-state index in [9.17, 15) is 22.8 Å². The molecule has 3 rings (SSSR count). The van der Waals surface area contributed by atoms with E-state index in [-0.39, 0.29) is 37.6 Å². The van der Waals surface area contributed by atoms with Crippen LogP contribution in [0.3, 0.4) is 0 Å². The molecule has 0 aliphatic carbocycles. The van der Waals surface area contributed by atoms with E-state index in [1.165, 1.54) is 18.1 Å². The van der Waals surface area contributed by atoms with Crippen LogP contribution in [0.15, 0.2) is 53.0 Å². The second kappa shape index (κ2) is 14.0. The third-order valence-electron chi connectivity index (χ3n) is 6.94. The molecular weight excluding hydrogens is 564 g/mol. The summed E-state index contributed by atoms with van der Waals surface area (Å²) in [5.41, 5.74) is 12.0. The standard InChI is InChI=1S/C28H34N6O7S/c1-6-11-41-25(35)13-22-28(37)34(23(15-30-33-29)27(36)32-22)16-21-9-7-20(8-10-21)14-31-42(38,39)26-17(2)12-24(40-5)18(3)19(26)4/h6-10,12,22-23,31H,1,11,13-16H2,2-5H3,(H,32,36)/t22-,23+/m0/s1. The highest BCUT2D eigenvalue weighted by molar-refractivity contribution is 7.89. The number of rotatable bonds is 13. The number of hydrogen-bond donors (Lipinski definition) is 2. The first-order chi connectivity index (χ1) is 19.9. The maximum atomic E-state index is 13.3. The Morgan fingerprint density at radius 3 is 2.48 bits per heavy atom. The minimum atomic E-state index is -3.84. The van der Waals surface area contributed by atoms with Crippen LogP contribution in [0.5, 0.6) is 5.75 Å². The van der Waals surface area contributed by atoms with Gasteiger partial charge in [-0.1, -0.05) is 42.0 Å². The highest BCUT2D eigenvalue weighted by atomic mass is 32.2. The monoisotopic (exact) mass is 598 g/mol. The van der Waals surface area contributed by atoms with Crippen molar-refractivity contribution >= 4 is 27.8 Å². The predicted molar refractivity (Wildman–Crippen MR) is 154 cm³/mol. The molecular formula is C28H34N6O7S. The van der Waals surface area contributed by atoms with Crippen LogP contribution < -0.4 is 14.8 Å². The van der Waals surface area contributed by atoms with Crippen molar-refractivity contribution < 1.29 is 32.3 Å². The van der Waals surface area contributed by atoms with Gasteiger partial charge in [-0.3, -0.25) is 14.4 Å². The number of aryl methyl sites for hydroxylation is 1. The largest absolute Gasteiger partial charge is 0.496 e. The van der Waals surface area contributed by atoms with Crippen molar-refractivity contribution in [3.63, 3.8) is 0 Å². The van der Waals surface area contributed by atoms with Gasteiger partial charge in [-0.05, 0) is 60.2 Å². The second-order valence-electron chi connectivity index (χ2n) is 9.75. The molecule has 2 N–H and O–H groups in total. The minimum Gasteiger partial charge on any atom is -0.496 e. The molecule has 1 aliphatic rings. The number of benzene rings is 2. The molecule has 42 heavy (non-hydrogen) atoms. The van der Waals surface area contributed by atoms with Gasteiger partial charge in [0.1, 0.15) is 24.4 Å². The number of carbonyl (C=O) groups excluding carboxylic acids is 3. The molecule has 2 aromatic carbocycles. The quantitative estimate of drug-likeness (QED) is 0.117. The van der Waals surface area contributed by atoms with Crippen LogP contribution in [0, 0.1) is 20.8 Å². The van der Waals surface area contributed by atoms with Gasteiger partial charge in [0.05, 0.1) is 25.0 Å². The summed E-state index contributed by atoms with van der Waals surface area (Å²) in [6, 6.07) is 6.30. The van der Waals surface area contributed by atoms with Crippen molar-refractivity contribution in [1.29, 1.82) is 0 Å². The molecule has 0 aromatic heterocycles. The van der Waals surface area contributed by atoms with Crippen LogP contribution >= 0.6 is 0 Å². The number of azide groups is 1. The van der Waals surface area contributed by atoms with E-state index in [2.05, 4.69) is 26.6 Å². The first-order valence-corrected chi connectivity index (χ1v) is 14.5. The number of amides is 2. The third-order valence-corrected chi connectivity index (χ3v) is 8.63. The van der Waals surface area contributed by atoms with Crippen molar-refractivity contribution in [3.05, 3.63) is 81.2 Å². The molecule has 0 radical (unpaired) electrons. The maximum absolute atomic E-state index is 13.3. The molecule has 224 valence electrons. The summed E-state index contributed by atoms with van der Waals surface area (Å²) in [6.45, 7) is 8.41. The highest BCUT2D eigenvalue weighted by Crippen LogP contribution is 2.30. The van der Waals surface area contributed by atoms with Gasteiger partial charge in [-0.15, -0.1) is 0 Å². The number of methoxy groups -OCH3 is 1. The lowest BCUT2D eigenvalue weighted by Gasteiger charge is -2.38. The molecule has 0 bridgehead atoms. The number of esters is 1. The average Bonchev–Trinajstić information content (AvgIpc) is 2.95. The van der Waals surface area contributed by atoms with E-state index in [0.717, 1.165) is 5.56 Å². The van der Waals surface area contributed by atoms with Crippen LogP contribution in [0.25, 0.3) is 10.4 Å². The predicted octanol–water partition coefficient (Wildman–Crippen LogP) is 2.72. The van der Waals surface area contributed by atoms with Gasteiger partial charge >= 0.3 is 5.97 Å². The lowest BCUT2D eigenvalue weighted by molar-refractivity contribution is -0.154. The van der Waals surface area contributed by atoms with E-state index >= 15 is 0 Å². The molecule has 1 saturated heterocycles.